The molecule has 0 radical (unpaired) electrons. The van der Waals surface area contributed by atoms with Crippen molar-refractivity contribution in [2.75, 3.05) is 7.05 Å². The first-order valence-corrected chi connectivity index (χ1v) is 9.43. The van der Waals surface area contributed by atoms with Crippen molar-refractivity contribution in [1.82, 2.24) is 10.2 Å². The minimum absolute atomic E-state index is 0.135. The summed E-state index contributed by atoms with van der Waals surface area (Å²) in [6.07, 6.45) is 1.23. The zero-order chi connectivity index (χ0) is 19.2. The lowest BCUT2D eigenvalue weighted by Crippen LogP contribution is -2.30. The van der Waals surface area contributed by atoms with E-state index >= 15 is 0 Å². The van der Waals surface area contributed by atoms with Crippen molar-refractivity contribution in [3.05, 3.63) is 23.7 Å². The normalized spacial score (nSPS) is 24.8. The van der Waals surface area contributed by atoms with Crippen LogP contribution in [0.15, 0.2) is 23.7 Å². The van der Waals surface area contributed by atoms with Crippen molar-refractivity contribution in [2.45, 2.75) is 51.7 Å². The molecule has 0 saturated carbocycles. The Morgan fingerprint density at radius 1 is 1.44 bits per heavy atom. The molecule has 0 spiro atoms. The molecule has 1 saturated heterocycles. The van der Waals surface area contributed by atoms with Gasteiger partial charge >= 0.3 is 7.60 Å². The number of hydrogen-bond donors (Lipinski definition) is 3. The highest BCUT2D eigenvalue weighted by Crippen LogP contribution is 2.40. The monoisotopic (exact) mass is 376 g/mol. The van der Waals surface area contributed by atoms with Gasteiger partial charge in [0, 0.05) is 31.6 Å². The van der Waals surface area contributed by atoms with Gasteiger partial charge in [-0.1, -0.05) is 0 Å². The van der Waals surface area contributed by atoms with Crippen molar-refractivity contribution in [3.63, 3.8) is 0 Å². The van der Waals surface area contributed by atoms with Crippen LogP contribution in [0.25, 0.3) is 0 Å². The first-order valence-electron chi connectivity index (χ1n) is 7.75. The van der Waals surface area contributed by atoms with Crippen LogP contribution in [0.3, 0.4) is 0 Å². The third-order valence-corrected chi connectivity index (χ3v) is 4.19. The number of carbonyl (C=O) groups is 2. The Bertz CT molecular complexity index is 584. The molecule has 1 fully saturated rings. The van der Waals surface area contributed by atoms with Crippen LogP contribution in [0.5, 0.6) is 0 Å². The van der Waals surface area contributed by atoms with E-state index in [0.29, 0.717) is 18.4 Å². The Morgan fingerprint density at radius 3 is 2.56 bits per heavy atom. The van der Waals surface area contributed by atoms with E-state index in [2.05, 4.69) is 5.32 Å². The number of amides is 2. The molecule has 10 heteroatoms. The lowest BCUT2D eigenvalue weighted by Gasteiger charge is -2.22. The van der Waals surface area contributed by atoms with Crippen LogP contribution in [-0.4, -0.2) is 58.6 Å². The molecule has 9 nitrogen and oxygen atoms in total. The Hall–Kier alpha value is -1.51. The first kappa shape index (κ1) is 21.5. The zero-order valence-corrected chi connectivity index (χ0v) is 15.6. The van der Waals surface area contributed by atoms with E-state index in [-0.39, 0.29) is 12.0 Å². The average molecular weight is 376 g/mol. The molecule has 1 aliphatic rings. The fraction of sp³-hybridized carbons (Fsp3) is 0.600. The van der Waals surface area contributed by atoms with E-state index in [1.807, 2.05) is 13.8 Å². The van der Waals surface area contributed by atoms with Crippen LogP contribution in [0.2, 0.25) is 0 Å². The van der Waals surface area contributed by atoms with Crippen molar-refractivity contribution in [2.24, 2.45) is 0 Å². The van der Waals surface area contributed by atoms with Crippen LogP contribution in [0, 0.1) is 0 Å². The Balaban J connectivity index is 3.00. The molecule has 25 heavy (non-hydrogen) atoms. The maximum atomic E-state index is 11.3. The molecule has 0 aromatic carbocycles. The van der Waals surface area contributed by atoms with Crippen molar-refractivity contribution < 1.29 is 33.4 Å². The fourth-order valence-corrected chi connectivity index (χ4v) is 3.16. The number of ether oxygens (including phenoxy) is 2. The molecule has 3 unspecified atom stereocenters. The molecular weight excluding hydrogens is 351 g/mol. The molecule has 0 aromatic rings. The Morgan fingerprint density at radius 2 is 2.08 bits per heavy atom. The lowest BCUT2D eigenvalue weighted by molar-refractivity contribution is -0.125. The van der Waals surface area contributed by atoms with Gasteiger partial charge < -0.3 is 24.6 Å². The predicted molar refractivity (Wildman–Crippen MR) is 90.2 cm³/mol. The number of rotatable bonds is 8. The second-order valence-electron chi connectivity index (χ2n) is 5.92. The molecule has 0 bridgehead atoms. The Kier molecular flexibility index (Phi) is 7.98. The second kappa shape index (κ2) is 9.26. The third kappa shape index (κ3) is 7.09. The van der Waals surface area contributed by atoms with Gasteiger partial charge in [-0.3, -0.25) is 19.1 Å². The van der Waals surface area contributed by atoms with Crippen LogP contribution < -0.4 is 5.32 Å². The largest absolute Gasteiger partial charge is 0.372 e. The van der Waals surface area contributed by atoms with Crippen LogP contribution in [0.1, 0.15) is 27.2 Å². The SMILES string of the molecule is CNC(=O)/C=C\N(C=O)C1CC(OC(C)C)C(/C(C)=C/P(=O)(O)O)O1. The fourth-order valence-electron chi connectivity index (χ4n) is 2.48. The molecular formula is C15H25N2O7P. The van der Waals surface area contributed by atoms with Gasteiger partial charge in [-0.15, -0.1) is 0 Å². The molecule has 0 aliphatic carbocycles. The number of hydrogen-bond acceptors (Lipinski definition) is 5. The van der Waals surface area contributed by atoms with E-state index in [9.17, 15) is 14.2 Å². The van der Waals surface area contributed by atoms with Gasteiger partial charge in [0.1, 0.15) is 12.3 Å². The number of nitrogens with one attached hydrogen (secondary N) is 1. The van der Waals surface area contributed by atoms with E-state index in [1.54, 1.807) is 0 Å². The predicted octanol–water partition coefficient (Wildman–Crippen LogP) is 0.695. The molecule has 1 rings (SSSR count). The van der Waals surface area contributed by atoms with Gasteiger partial charge in [0.25, 0.3) is 0 Å². The Labute approximate surface area is 146 Å². The van der Waals surface area contributed by atoms with E-state index in [4.69, 9.17) is 19.3 Å². The number of nitrogens with zero attached hydrogens (tertiary/aromatic N) is 1. The van der Waals surface area contributed by atoms with Gasteiger partial charge in [0.15, 0.2) is 0 Å². The highest BCUT2D eigenvalue weighted by Gasteiger charge is 2.40. The average Bonchev–Trinajstić information content (AvgIpc) is 2.89. The minimum Gasteiger partial charge on any atom is -0.372 e. The summed E-state index contributed by atoms with van der Waals surface area (Å²) in [5, 5.41) is 2.39. The summed E-state index contributed by atoms with van der Waals surface area (Å²) < 4.78 is 22.8. The van der Waals surface area contributed by atoms with Crippen LogP contribution in [0.4, 0.5) is 0 Å². The molecule has 1 heterocycles. The standard InChI is InChI=1S/C15H25N2O7P/c1-10(2)23-12-7-14(17(9-18)6-5-13(19)16-4)24-15(12)11(3)8-25(20,21)22/h5-6,8-10,12,14-15H,7H2,1-4H3,(H,16,19)(H2,20,21,22)/b6-5-,11-8+. The number of carbonyl (C=O) groups excluding carboxylic acids is 2. The molecule has 1 aliphatic heterocycles. The van der Waals surface area contributed by atoms with E-state index < -0.39 is 26.0 Å². The summed E-state index contributed by atoms with van der Waals surface area (Å²) in [7, 11) is -2.90. The maximum Gasteiger partial charge on any atom is 0.349 e. The quantitative estimate of drug-likeness (QED) is 0.323. The van der Waals surface area contributed by atoms with Crippen molar-refractivity contribution >= 4 is 19.9 Å². The van der Waals surface area contributed by atoms with Gasteiger partial charge in [-0.05, 0) is 26.3 Å². The van der Waals surface area contributed by atoms with Gasteiger partial charge in [0.05, 0.1) is 12.2 Å². The summed E-state index contributed by atoms with van der Waals surface area (Å²) in [5.74, 6) is 0.455. The van der Waals surface area contributed by atoms with E-state index in [0.717, 1.165) is 5.82 Å². The summed E-state index contributed by atoms with van der Waals surface area (Å²) in [4.78, 5) is 42.0. The summed E-state index contributed by atoms with van der Waals surface area (Å²) in [5.41, 5.74) is 0.322. The molecule has 2 amide bonds. The third-order valence-electron chi connectivity index (χ3n) is 3.44. The second-order valence-corrected chi connectivity index (χ2v) is 7.35. The topological polar surface area (TPSA) is 125 Å². The maximum absolute atomic E-state index is 11.3. The van der Waals surface area contributed by atoms with E-state index in [1.165, 1.54) is 31.1 Å². The summed E-state index contributed by atoms with van der Waals surface area (Å²) in [6, 6.07) is 0. The van der Waals surface area contributed by atoms with Crippen LogP contribution >= 0.6 is 7.60 Å². The summed E-state index contributed by atoms with van der Waals surface area (Å²) >= 11 is 0. The van der Waals surface area contributed by atoms with Gasteiger partial charge in [-0.2, -0.15) is 0 Å². The minimum atomic E-state index is -4.36. The molecule has 3 atom stereocenters. The smallest absolute Gasteiger partial charge is 0.349 e. The van der Waals surface area contributed by atoms with Gasteiger partial charge in [0.2, 0.25) is 12.3 Å². The first-order chi connectivity index (χ1) is 11.6. The highest BCUT2D eigenvalue weighted by molar-refractivity contribution is 7.55. The number of likely N-dealkylation sites (N-methyl/N-ethyl adjacent to an activating group) is 1. The van der Waals surface area contributed by atoms with Gasteiger partial charge in [-0.25, -0.2) is 0 Å². The molecule has 0 aromatic heterocycles. The van der Waals surface area contributed by atoms with Crippen molar-refractivity contribution in [3.8, 4) is 0 Å². The van der Waals surface area contributed by atoms with Crippen LogP contribution in [-0.2, 0) is 23.6 Å². The van der Waals surface area contributed by atoms with Crippen molar-refractivity contribution in [1.29, 1.82) is 0 Å². The lowest BCUT2D eigenvalue weighted by atomic mass is 10.1. The highest BCUT2D eigenvalue weighted by atomic mass is 31.2. The summed E-state index contributed by atoms with van der Waals surface area (Å²) in [6.45, 7) is 5.19. The molecule has 142 valence electrons. The molecule has 3 N–H and O–H groups in total. The zero-order valence-electron chi connectivity index (χ0n) is 14.7.